The van der Waals surface area contributed by atoms with Gasteiger partial charge in [-0.1, -0.05) is 50.2 Å². The van der Waals surface area contributed by atoms with Crippen molar-refractivity contribution in [2.45, 2.75) is 50.6 Å². The maximum absolute atomic E-state index is 13.3. The maximum atomic E-state index is 13.3. The first-order chi connectivity index (χ1) is 20.5. The minimum atomic E-state index is -3.42. The minimum Gasteiger partial charge on any atom is -0.478 e. The van der Waals surface area contributed by atoms with Gasteiger partial charge in [-0.05, 0) is 59.4 Å². The zero-order valence-electron chi connectivity index (χ0n) is 24.6. The first-order valence-electron chi connectivity index (χ1n) is 13.4. The van der Waals surface area contributed by atoms with Crippen LogP contribution in [0.2, 0.25) is 0 Å². The van der Waals surface area contributed by atoms with E-state index in [-0.39, 0.29) is 40.7 Å². The zero-order chi connectivity index (χ0) is 32.9. The lowest BCUT2D eigenvalue weighted by Gasteiger charge is -2.27. The van der Waals surface area contributed by atoms with Crippen molar-refractivity contribution >= 4 is 50.9 Å². The second-order valence-corrected chi connectivity index (χ2v) is 12.5. The van der Waals surface area contributed by atoms with Crippen molar-refractivity contribution in [3.05, 3.63) is 89.0 Å². The second-order valence-electron chi connectivity index (χ2n) is 10.5. The monoisotopic (exact) mass is 623 g/mol. The van der Waals surface area contributed by atoms with E-state index in [1.807, 2.05) is 0 Å². The summed E-state index contributed by atoms with van der Waals surface area (Å²) in [7, 11) is -3.42. The number of nitrogens with zero attached hydrogens (tertiary/aromatic N) is 2. The number of aromatic carboxylic acids is 1. The van der Waals surface area contributed by atoms with Gasteiger partial charge in [-0.3, -0.25) is 24.2 Å². The van der Waals surface area contributed by atoms with Gasteiger partial charge in [0, 0.05) is 13.2 Å². The van der Waals surface area contributed by atoms with E-state index in [4.69, 9.17) is 5.73 Å². The number of aliphatic carboxylic acids is 1. The molecule has 0 heterocycles. The summed E-state index contributed by atoms with van der Waals surface area (Å²) in [5.74, 6) is -6.00. The molecule has 0 aliphatic rings. The molecular formula is C31H33N3O9S. The molecule has 0 spiro atoms. The summed E-state index contributed by atoms with van der Waals surface area (Å²) in [4.78, 5) is 64.2. The van der Waals surface area contributed by atoms with Crippen LogP contribution in [0.25, 0.3) is 0 Å². The van der Waals surface area contributed by atoms with Crippen molar-refractivity contribution in [2.24, 2.45) is 5.73 Å². The highest BCUT2D eigenvalue weighted by Gasteiger charge is 2.31. The predicted molar refractivity (Wildman–Crippen MR) is 161 cm³/mol. The SMILES string of the molecule is CC(=O)N(Cc1ccc(S(C)(=O)=O)cc1)C(=O)C(N)Cc1ccc(N(C(=O)C(=O)O)c2ccccc2C(=O)O)c(C(C)C)c1. The third kappa shape index (κ3) is 7.74. The summed E-state index contributed by atoms with van der Waals surface area (Å²) in [5.41, 5.74) is 7.55. The second kappa shape index (κ2) is 13.6. The number of carbonyl (C=O) groups is 5. The Balaban J connectivity index is 1.95. The van der Waals surface area contributed by atoms with Crippen LogP contribution in [0.3, 0.4) is 0 Å². The number of sulfone groups is 1. The Morgan fingerprint density at radius 3 is 1.98 bits per heavy atom. The molecule has 3 aromatic carbocycles. The lowest BCUT2D eigenvalue weighted by molar-refractivity contribution is -0.148. The zero-order valence-corrected chi connectivity index (χ0v) is 25.4. The number of imide groups is 1. The van der Waals surface area contributed by atoms with E-state index in [1.54, 1.807) is 26.0 Å². The van der Waals surface area contributed by atoms with Crippen molar-refractivity contribution in [3.63, 3.8) is 0 Å². The fourth-order valence-corrected chi connectivity index (χ4v) is 5.23. The van der Waals surface area contributed by atoms with Crippen LogP contribution in [0, 0.1) is 0 Å². The number of carboxylic acid groups (broad SMARTS) is 2. The molecule has 3 aromatic rings. The molecule has 0 saturated heterocycles. The quantitative estimate of drug-likeness (QED) is 0.283. The van der Waals surface area contributed by atoms with Gasteiger partial charge in [0.2, 0.25) is 11.8 Å². The van der Waals surface area contributed by atoms with E-state index in [2.05, 4.69) is 0 Å². The minimum absolute atomic E-state index is 0.0196. The Labute approximate surface area is 254 Å². The molecule has 1 unspecified atom stereocenters. The molecule has 0 bridgehead atoms. The van der Waals surface area contributed by atoms with Gasteiger partial charge in [0.05, 0.1) is 34.4 Å². The summed E-state index contributed by atoms with van der Waals surface area (Å²) >= 11 is 0. The average molecular weight is 624 g/mol. The molecule has 3 rings (SSSR count). The van der Waals surface area contributed by atoms with Crippen molar-refractivity contribution in [3.8, 4) is 0 Å². The van der Waals surface area contributed by atoms with Gasteiger partial charge in [-0.15, -0.1) is 0 Å². The van der Waals surface area contributed by atoms with Gasteiger partial charge in [0.1, 0.15) is 0 Å². The van der Waals surface area contributed by atoms with Crippen molar-refractivity contribution in [1.82, 2.24) is 4.90 Å². The van der Waals surface area contributed by atoms with E-state index >= 15 is 0 Å². The molecule has 0 fully saturated rings. The summed E-state index contributed by atoms with van der Waals surface area (Å²) in [5, 5.41) is 19.3. The van der Waals surface area contributed by atoms with Crippen LogP contribution in [0.4, 0.5) is 11.4 Å². The predicted octanol–water partition coefficient (Wildman–Crippen LogP) is 3.11. The van der Waals surface area contributed by atoms with Crippen LogP contribution in [-0.4, -0.2) is 65.5 Å². The van der Waals surface area contributed by atoms with E-state index in [0.717, 1.165) is 16.1 Å². The van der Waals surface area contributed by atoms with Crippen molar-refractivity contribution in [2.75, 3.05) is 11.2 Å². The standard InChI is InChI=1S/C31H33N3O9S/c1-18(2)24-15-21(11-14-27(24)34(29(37)31(40)41)26-8-6-5-7-23(26)30(38)39)16-25(32)28(36)33(19(3)35)17-20-9-12-22(13-10-20)44(4,42)43/h5-15,18,25H,16-17,32H2,1-4H3,(H,38,39)(H,40,41). The largest absolute Gasteiger partial charge is 0.478 e. The fourth-order valence-electron chi connectivity index (χ4n) is 4.60. The van der Waals surface area contributed by atoms with E-state index in [0.29, 0.717) is 16.7 Å². The van der Waals surface area contributed by atoms with Crippen LogP contribution < -0.4 is 10.6 Å². The first-order valence-corrected chi connectivity index (χ1v) is 15.3. The molecule has 0 radical (unpaired) electrons. The third-order valence-corrected chi connectivity index (χ3v) is 7.96. The number of para-hydroxylation sites is 1. The third-order valence-electron chi connectivity index (χ3n) is 6.83. The Bertz CT molecular complexity index is 1720. The Kier molecular flexibility index (Phi) is 10.4. The highest BCUT2D eigenvalue weighted by molar-refractivity contribution is 7.90. The number of amides is 3. The Hall–Kier alpha value is -4.88. The van der Waals surface area contributed by atoms with E-state index in [9.17, 15) is 42.6 Å². The van der Waals surface area contributed by atoms with Crippen LogP contribution in [0.15, 0.2) is 71.6 Å². The summed E-state index contributed by atoms with van der Waals surface area (Å²) in [6, 6.07) is 14.8. The highest BCUT2D eigenvalue weighted by atomic mass is 32.2. The van der Waals surface area contributed by atoms with Crippen LogP contribution in [-0.2, 0) is 42.0 Å². The molecule has 232 valence electrons. The summed E-state index contributed by atoms with van der Waals surface area (Å²) < 4.78 is 23.5. The van der Waals surface area contributed by atoms with Crippen molar-refractivity contribution < 1.29 is 42.6 Å². The summed E-state index contributed by atoms with van der Waals surface area (Å²) in [6.07, 6.45) is 1.05. The lowest BCUT2D eigenvalue weighted by Crippen LogP contribution is -2.46. The molecule has 0 aromatic heterocycles. The molecule has 1 atom stereocenters. The van der Waals surface area contributed by atoms with Crippen LogP contribution in [0.1, 0.15) is 53.7 Å². The molecule has 0 aliphatic heterocycles. The maximum Gasteiger partial charge on any atom is 0.395 e. The fraction of sp³-hybridized carbons (Fsp3) is 0.258. The molecule has 4 N–H and O–H groups in total. The molecule has 13 heteroatoms. The highest BCUT2D eigenvalue weighted by Crippen LogP contribution is 2.36. The number of carboxylic acids is 2. The van der Waals surface area contributed by atoms with Gasteiger partial charge in [-0.25, -0.2) is 18.0 Å². The number of carbonyl (C=O) groups excluding carboxylic acids is 3. The van der Waals surface area contributed by atoms with Gasteiger partial charge in [-0.2, -0.15) is 0 Å². The number of hydrogen-bond donors (Lipinski definition) is 3. The number of hydrogen-bond acceptors (Lipinski definition) is 8. The number of rotatable bonds is 10. The molecule has 3 amide bonds. The van der Waals surface area contributed by atoms with Crippen LogP contribution >= 0.6 is 0 Å². The molecule has 12 nitrogen and oxygen atoms in total. The normalized spacial score (nSPS) is 12.0. The van der Waals surface area contributed by atoms with Crippen LogP contribution in [0.5, 0.6) is 0 Å². The number of anilines is 2. The first kappa shape index (κ1) is 33.6. The molecule has 44 heavy (non-hydrogen) atoms. The topological polar surface area (TPSA) is 192 Å². The Morgan fingerprint density at radius 2 is 1.45 bits per heavy atom. The van der Waals surface area contributed by atoms with E-state index < -0.39 is 45.5 Å². The van der Waals surface area contributed by atoms with Gasteiger partial charge < -0.3 is 15.9 Å². The van der Waals surface area contributed by atoms with Crippen molar-refractivity contribution in [1.29, 1.82) is 0 Å². The molecule has 0 aliphatic carbocycles. The number of nitrogens with two attached hydrogens (primary N) is 1. The lowest BCUT2D eigenvalue weighted by atomic mass is 9.94. The number of benzene rings is 3. The average Bonchev–Trinajstić information content (AvgIpc) is 2.95. The van der Waals surface area contributed by atoms with Gasteiger partial charge in [0.15, 0.2) is 9.84 Å². The van der Waals surface area contributed by atoms with Gasteiger partial charge >= 0.3 is 17.8 Å². The van der Waals surface area contributed by atoms with E-state index in [1.165, 1.54) is 61.5 Å². The molecular weight excluding hydrogens is 590 g/mol. The summed E-state index contributed by atoms with van der Waals surface area (Å²) in [6.45, 7) is 4.68. The Morgan fingerprint density at radius 1 is 0.864 bits per heavy atom. The smallest absolute Gasteiger partial charge is 0.395 e. The molecule has 0 saturated carbocycles. The van der Waals surface area contributed by atoms with Gasteiger partial charge in [0.25, 0.3) is 0 Å².